The van der Waals surface area contributed by atoms with E-state index < -0.39 is 46.6 Å². The number of alkyl halides is 1. The molecule has 1 fully saturated rings. The molecule has 2 aliphatic heterocycles. The van der Waals surface area contributed by atoms with Crippen LogP contribution in [0.3, 0.4) is 0 Å². The van der Waals surface area contributed by atoms with Gasteiger partial charge in [0, 0.05) is 6.54 Å². The molecule has 0 saturated carbocycles. The normalized spacial score (nSPS) is 22.8. The number of nitrogens with zero attached hydrogens (tertiary/aromatic N) is 3. The van der Waals surface area contributed by atoms with Gasteiger partial charge >= 0.3 is 37.2 Å². The molecule has 0 aliphatic carbocycles. The van der Waals surface area contributed by atoms with Crippen molar-refractivity contribution < 1.29 is 37.1 Å². The number of nitrogens with one attached hydrogen (secondary N) is 1. The zero-order chi connectivity index (χ0) is 19.8. The summed E-state index contributed by atoms with van der Waals surface area (Å²) in [5, 5.41) is 14.7. The molecule has 1 saturated heterocycles. The number of hydrogen-bond acceptors (Lipinski definition) is 6. The van der Waals surface area contributed by atoms with Crippen LogP contribution in [0.15, 0.2) is 11.6 Å². The van der Waals surface area contributed by atoms with Crippen molar-refractivity contribution in [2.24, 2.45) is 5.14 Å². The molecule has 15 heteroatoms. The Bertz CT molecular complexity index is 763. The van der Waals surface area contributed by atoms with E-state index in [-0.39, 0.29) is 32.0 Å². The van der Waals surface area contributed by atoms with E-state index in [9.17, 15) is 27.2 Å². The Balaban J connectivity index is 0.00000364. The second kappa shape index (κ2) is 8.55. The predicted molar refractivity (Wildman–Crippen MR) is 89.7 cm³/mol. The van der Waals surface area contributed by atoms with E-state index in [1.807, 2.05) is 4.83 Å². The monoisotopic (exact) mass is 403 g/mol. The second-order valence-corrected chi connectivity index (χ2v) is 6.89. The third-order valence-electron chi connectivity index (χ3n) is 3.77. The van der Waals surface area contributed by atoms with Crippen LogP contribution in [-0.2, 0) is 24.6 Å². The summed E-state index contributed by atoms with van der Waals surface area (Å²) in [5.41, 5.74) is 0.381. The van der Waals surface area contributed by atoms with Gasteiger partial charge < -0.3 is 10.0 Å². The molecule has 3 amide bonds. The quantitative estimate of drug-likeness (QED) is 0.243. The van der Waals surface area contributed by atoms with E-state index >= 15 is 0 Å². The molecule has 0 aromatic carbocycles. The Kier molecular flexibility index (Phi) is 7.39. The van der Waals surface area contributed by atoms with Crippen LogP contribution in [0.2, 0.25) is 0 Å². The molecule has 2 aliphatic rings. The van der Waals surface area contributed by atoms with Crippen LogP contribution in [0.25, 0.3) is 0 Å². The summed E-state index contributed by atoms with van der Waals surface area (Å²) in [6, 6.07) is -2.88. The number of hydrazine groups is 1. The summed E-state index contributed by atoms with van der Waals surface area (Å²) in [6.07, 6.45) is -1.30. The molecule has 4 N–H and O–H groups in total. The van der Waals surface area contributed by atoms with Gasteiger partial charge in [0.2, 0.25) is 0 Å². The van der Waals surface area contributed by atoms with Gasteiger partial charge in [0.25, 0.3) is 16.1 Å². The van der Waals surface area contributed by atoms with Crippen molar-refractivity contribution in [3.05, 3.63) is 11.6 Å². The molecule has 0 unspecified atom stereocenters. The first-order valence-corrected chi connectivity index (χ1v) is 8.94. The molecular weight excluding hydrogens is 384 g/mol. The standard InChI is InChI=1S/C12H18FN5O7S.Li.H/c1-3-17(15-26(14,23)24)10(19)8-6(2)4-7-5-16(8)12(22)18(7)25-9(13)11(20)21;;/h4,7-9,15H,3,5H2,1-2H3,(H,20,21)(H2,14,23,24);;/t7-,8+,9-;;/m1../s1. The number of fused-ring (bicyclic) bond motifs is 2. The molecule has 0 radical (unpaired) electrons. The number of carboxylic acids is 1. The predicted octanol–water partition coefficient (Wildman–Crippen LogP) is -2.36. The minimum atomic E-state index is -4.22. The summed E-state index contributed by atoms with van der Waals surface area (Å²) >= 11 is 0. The van der Waals surface area contributed by atoms with Crippen LogP contribution < -0.4 is 9.97 Å². The Morgan fingerprint density at radius 3 is 2.63 bits per heavy atom. The third kappa shape index (κ3) is 4.98. The summed E-state index contributed by atoms with van der Waals surface area (Å²) in [5.74, 6) is -2.68. The van der Waals surface area contributed by atoms with Gasteiger partial charge in [0.05, 0.1) is 12.6 Å². The topological polar surface area (TPSA) is 163 Å². The molecule has 0 spiro atoms. The molecule has 0 aromatic heterocycles. The summed E-state index contributed by atoms with van der Waals surface area (Å²) in [7, 11) is -4.22. The van der Waals surface area contributed by atoms with Crippen molar-refractivity contribution in [1.82, 2.24) is 19.8 Å². The maximum atomic E-state index is 13.3. The molecule has 2 rings (SSSR count). The fourth-order valence-electron chi connectivity index (χ4n) is 2.76. The molecule has 2 heterocycles. The minimum absolute atomic E-state index is 0. The van der Waals surface area contributed by atoms with Crippen molar-refractivity contribution in [1.29, 1.82) is 0 Å². The van der Waals surface area contributed by atoms with Crippen LogP contribution in [0.1, 0.15) is 13.8 Å². The zero-order valence-corrected chi connectivity index (χ0v) is 14.6. The molecule has 27 heavy (non-hydrogen) atoms. The first-order chi connectivity index (χ1) is 12.0. The number of hydroxylamine groups is 2. The molecule has 148 valence electrons. The number of urea groups is 1. The first-order valence-electron chi connectivity index (χ1n) is 7.39. The number of carbonyl (C=O) groups is 3. The molecular formula is C12H19FLiN5O7S. The number of aliphatic carboxylic acids is 1. The van der Waals surface area contributed by atoms with Crippen molar-refractivity contribution in [2.45, 2.75) is 32.3 Å². The third-order valence-corrected chi connectivity index (χ3v) is 4.25. The van der Waals surface area contributed by atoms with Gasteiger partial charge in [-0.2, -0.15) is 13.5 Å². The van der Waals surface area contributed by atoms with Gasteiger partial charge in [-0.15, -0.1) is 4.83 Å². The van der Waals surface area contributed by atoms with Gasteiger partial charge in [-0.05, 0) is 19.4 Å². The van der Waals surface area contributed by atoms with Gasteiger partial charge in [-0.3, -0.25) is 9.80 Å². The Hall–Kier alpha value is -1.69. The van der Waals surface area contributed by atoms with Crippen LogP contribution in [-0.4, -0.2) is 96.8 Å². The molecule has 0 aromatic rings. The number of halogens is 1. The van der Waals surface area contributed by atoms with Gasteiger partial charge in [-0.25, -0.2) is 24.0 Å². The van der Waals surface area contributed by atoms with E-state index in [1.165, 1.54) is 19.9 Å². The summed E-state index contributed by atoms with van der Waals surface area (Å²) in [6.45, 7) is 2.87. The number of likely N-dealkylation sites (N-methyl/N-ethyl adjacent to an activating group) is 1. The van der Waals surface area contributed by atoms with Gasteiger partial charge in [0.1, 0.15) is 6.04 Å². The van der Waals surface area contributed by atoms with Crippen molar-refractivity contribution in [2.75, 3.05) is 13.1 Å². The fraction of sp³-hybridized carbons (Fsp3) is 0.583. The average molecular weight is 403 g/mol. The van der Waals surface area contributed by atoms with E-state index in [4.69, 9.17) is 10.2 Å². The van der Waals surface area contributed by atoms with E-state index in [0.717, 1.165) is 9.91 Å². The number of amides is 3. The number of carboxylic acid groups (broad SMARTS) is 1. The van der Waals surface area contributed by atoms with Crippen LogP contribution in [0.5, 0.6) is 0 Å². The van der Waals surface area contributed by atoms with E-state index in [0.29, 0.717) is 10.6 Å². The summed E-state index contributed by atoms with van der Waals surface area (Å²) < 4.78 is 35.7. The van der Waals surface area contributed by atoms with Crippen molar-refractivity contribution >= 4 is 47.0 Å². The van der Waals surface area contributed by atoms with Crippen LogP contribution in [0.4, 0.5) is 9.18 Å². The summed E-state index contributed by atoms with van der Waals surface area (Å²) in [4.78, 5) is 43.0. The molecule has 2 bridgehead atoms. The first kappa shape index (κ1) is 23.3. The van der Waals surface area contributed by atoms with Gasteiger partial charge in [-0.1, -0.05) is 6.08 Å². The maximum absolute atomic E-state index is 13.3. The number of nitrogens with two attached hydrogens (primary N) is 1. The Morgan fingerprint density at radius 2 is 2.15 bits per heavy atom. The van der Waals surface area contributed by atoms with Crippen molar-refractivity contribution in [3.63, 3.8) is 0 Å². The molecule has 3 atom stereocenters. The number of carbonyl (C=O) groups excluding carboxylic acids is 2. The van der Waals surface area contributed by atoms with Crippen molar-refractivity contribution in [3.8, 4) is 0 Å². The van der Waals surface area contributed by atoms with Crippen LogP contribution >= 0.6 is 0 Å². The number of rotatable bonds is 7. The Morgan fingerprint density at radius 1 is 1.56 bits per heavy atom. The zero-order valence-electron chi connectivity index (χ0n) is 13.8. The van der Waals surface area contributed by atoms with Gasteiger partial charge in [0.15, 0.2) is 0 Å². The SMILES string of the molecule is CCN(NS(N)(=O)=O)C(=O)[C@@H]1C(C)=C[C@@H]2CN1C(=O)N2O[C@@H](F)C(=O)O.[LiH]. The average Bonchev–Trinajstić information content (AvgIpc) is 2.76. The molecule has 12 nitrogen and oxygen atoms in total. The van der Waals surface area contributed by atoms with E-state index in [2.05, 4.69) is 4.84 Å². The van der Waals surface area contributed by atoms with E-state index in [1.54, 1.807) is 0 Å². The number of hydrogen-bond donors (Lipinski definition) is 3. The second-order valence-electron chi connectivity index (χ2n) is 5.62. The Labute approximate surface area is 166 Å². The van der Waals surface area contributed by atoms with Crippen LogP contribution in [0, 0.1) is 0 Å². The fourth-order valence-corrected chi connectivity index (χ4v) is 3.29.